The van der Waals surface area contributed by atoms with Crippen molar-refractivity contribution in [2.45, 2.75) is 13.0 Å². The number of carbonyl (C=O) groups is 2. The number of aliphatic carboxylic acids is 1. The lowest BCUT2D eigenvalue weighted by atomic mass is 10.1. The second-order valence-electron chi connectivity index (χ2n) is 4.29. The van der Waals surface area contributed by atoms with Gasteiger partial charge in [0.2, 0.25) is 0 Å². The molecule has 1 aliphatic heterocycles. The molecule has 1 atom stereocenters. The molecule has 0 unspecified atom stereocenters. The lowest BCUT2D eigenvalue weighted by Crippen LogP contribution is -2.35. The SMILES string of the molecule is O=C([O-])[C@@H]1CCN(C(=O)OCc2ccccc2)C1. The smallest absolute Gasteiger partial charge is 0.410 e. The van der Waals surface area contributed by atoms with Crippen molar-refractivity contribution in [3.63, 3.8) is 0 Å². The fourth-order valence-electron chi connectivity index (χ4n) is 1.93. The molecule has 5 nitrogen and oxygen atoms in total. The quantitative estimate of drug-likeness (QED) is 0.776. The summed E-state index contributed by atoms with van der Waals surface area (Å²) in [6, 6.07) is 9.34. The highest BCUT2D eigenvalue weighted by Crippen LogP contribution is 2.16. The summed E-state index contributed by atoms with van der Waals surface area (Å²) in [5.74, 6) is -1.68. The Morgan fingerprint density at radius 2 is 2.06 bits per heavy atom. The van der Waals surface area contributed by atoms with Crippen molar-refractivity contribution in [2.24, 2.45) is 5.92 Å². The van der Waals surface area contributed by atoms with Gasteiger partial charge in [0.15, 0.2) is 0 Å². The Bertz CT molecular complexity index is 432. The van der Waals surface area contributed by atoms with Gasteiger partial charge >= 0.3 is 6.09 Å². The molecule has 0 aliphatic carbocycles. The minimum absolute atomic E-state index is 0.177. The van der Waals surface area contributed by atoms with Gasteiger partial charge < -0.3 is 19.5 Å². The van der Waals surface area contributed by atoms with Crippen LogP contribution in [0, 0.1) is 5.92 Å². The van der Waals surface area contributed by atoms with Crippen molar-refractivity contribution in [3.8, 4) is 0 Å². The zero-order chi connectivity index (χ0) is 13.0. The molecule has 2 rings (SSSR count). The van der Waals surface area contributed by atoms with E-state index in [2.05, 4.69) is 0 Å². The van der Waals surface area contributed by atoms with Crippen LogP contribution in [-0.4, -0.2) is 30.1 Å². The third kappa shape index (κ3) is 3.00. The molecule has 1 aromatic rings. The zero-order valence-corrected chi connectivity index (χ0v) is 9.87. The lowest BCUT2D eigenvalue weighted by Gasteiger charge is -2.16. The number of benzene rings is 1. The molecule has 1 aromatic carbocycles. The van der Waals surface area contributed by atoms with Gasteiger partial charge in [0.1, 0.15) is 6.61 Å². The van der Waals surface area contributed by atoms with Crippen LogP contribution >= 0.6 is 0 Å². The van der Waals surface area contributed by atoms with E-state index in [1.54, 1.807) is 0 Å². The number of hydrogen-bond donors (Lipinski definition) is 0. The number of nitrogens with zero attached hydrogens (tertiary/aromatic N) is 1. The number of ether oxygens (including phenoxy) is 1. The van der Waals surface area contributed by atoms with E-state index in [4.69, 9.17) is 4.74 Å². The van der Waals surface area contributed by atoms with Gasteiger partial charge in [-0.2, -0.15) is 0 Å². The average Bonchev–Trinajstić information content (AvgIpc) is 2.87. The number of carboxylic acid groups (broad SMARTS) is 1. The maximum absolute atomic E-state index is 11.7. The molecule has 96 valence electrons. The molecule has 0 bridgehead atoms. The molecule has 1 saturated heterocycles. The molecular weight excluding hydrogens is 234 g/mol. The maximum atomic E-state index is 11.7. The van der Waals surface area contributed by atoms with Crippen LogP contribution in [0.25, 0.3) is 0 Å². The van der Waals surface area contributed by atoms with Crippen LogP contribution in [-0.2, 0) is 16.1 Å². The van der Waals surface area contributed by atoms with E-state index < -0.39 is 18.0 Å². The van der Waals surface area contributed by atoms with Gasteiger partial charge in [0.05, 0.1) is 0 Å². The largest absolute Gasteiger partial charge is 0.550 e. The Kier molecular flexibility index (Phi) is 3.82. The van der Waals surface area contributed by atoms with Crippen molar-refractivity contribution in [1.29, 1.82) is 0 Å². The van der Waals surface area contributed by atoms with Crippen LogP contribution in [0.5, 0.6) is 0 Å². The summed E-state index contributed by atoms with van der Waals surface area (Å²) in [4.78, 5) is 23.7. The molecule has 5 heteroatoms. The fraction of sp³-hybridized carbons (Fsp3) is 0.385. The van der Waals surface area contributed by atoms with Crippen LogP contribution in [0.15, 0.2) is 30.3 Å². The van der Waals surface area contributed by atoms with Crippen molar-refractivity contribution in [3.05, 3.63) is 35.9 Å². The van der Waals surface area contributed by atoms with Crippen LogP contribution in [0.2, 0.25) is 0 Å². The van der Waals surface area contributed by atoms with Crippen LogP contribution < -0.4 is 5.11 Å². The average molecular weight is 248 g/mol. The fourth-order valence-corrected chi connectivity index (χ4v) is 1.93. The van der Waals surface area contributed by atoms with Gasteiger partial charge in [-0.3, -0.25) is 0 Å². The predicted molar refractivity (Wildman–Crippen MR) is 61.3 cm³/mol. The first-order chi connectivity index (χ1) is 8.66. The third-order valence-electron chi connectivity index (χ3n) is 2.98. The van der Waals surface area contributed by atoms with E-state index in [-0.39, 0.29) is 13.2 Å². The van der Waals surface area contributed by atoms with Gasteiger partial charge in [-0.1, -0.05) is 30.3 Å². The number of carboxylic acids is 1. The molecule has 0 spiro atoms. The maximum Gasteiger partial charge on any atom is 0.410 e. The van der Waals surface area contributed by atoms with E-state index >= 15 is 0 Å². The second-order valence-corrected chi connectivity index (χ2v) is 4.29. The summed E-state index contributed by atoms with van der Waals surface area (Å²) >= 11 is 0. The van der Waals surface area contributed by atoms with E-state index in [1.807, 2.05) is 30.3 Å². The first-order valence-electron chi connectivity index (χ1n) is 5.83. The summed E-state index contributed by atoms with van der Waals surface area (Å²) in [5, 5.41) is 10.7. The molecule has 0 radical (unpaired) electrons. The topological polar surface area (TPSA) is 69.7 Å². The minimum atomic E-state index is -1.10. The first-order valence-corrected chi connectivity index (χ1v) is 5.83. The summed E-state index contributed by atoms with van der Waals surface area (Å²) in [7, 11) is 0. The molecule has 0 N–H and O–H groups in total. The van der Waals surface area contributed by atoms with Gasteiger partial charge in [0.25, 0.3) is 0 Å². The summed E-state index contributed by atoms with van der Waals surface area (Å²) < 4.78 is 5.11. The first kappa shape index (κ1) is 12.4. The Morgan fingerprint density at radius 1 is 1.33 bits per heavy atom. The molecule has 18 heavy (non-hydrogen) atoms. The van der Waals surface area contributed by atoms with Gasteiger partial charge in [0, 0.05) is 25.0 Å². The highest BCUT2D eigenvalue weighted by Gasteiger charge is 2.27. The number of amides is 1. The monoisotopic (exact) mass is 248 g/mol. The van der Waals surface area contributed by atoms with Crippen molar-refractivity contribution in [1.82, 2.24) is 4.90 Å². The second kappa shape index (κ2) is 5.53. The number of likely N-dealkylation sites (tertiary alicyclic amines) is 1. The number of rotatable bonds is 3. The number of hydrogen-bond acceptors (Lipinski definition) is 4. The van der Waals surface area contributed by atoms with E-state index in [0.717, 1.165) is 5.56 Å². The zero-order valence-electron chi connectivity index (χ0n) is 9.87. The van der Waals surface area contributed by atoms with Crippen molar-refractivity contribution in [2.75, 3.05) is 13.1 Å². The normalized spacial score (nSPS) is 18.7. The minimum Gasteiger partial charge on any atom is -0.550 e. The van der Waals surface area contributed by atoms with Gasteiger partial charge in [-0.25, -0.2) is 4.79 Å². The molecule has 1 aliphatic rings. The Hall–Kier alpha value is -2.04. The Morgan fingerprint density at radius 3 is 2.67 bits per heavy atom. The molecule has 1 heterocycles. The van der Waals surface area contributed by atoms with Gasteiger partial charge in [-0.15, -0.1) is 0 Å². The Labute approximate surface area is 105 Å². The van der Waals surface area contributed by atoms with Crippen LogP contribution in [0.3, 0.4) is 0 Å². The Balaban J connectivity index is 1.81. The highest BCUT2D eigenvalue weighted by atomic mass is 16.6. The lowest BCUT2D eigenvalue weighted by molar-refractivity contribution is -0.310. The summed E-state index contributed by atoms with van der Waals surface area (Å²) in [5.41, 5.74) is 0.904. The molecule has 1 fully saturated rings. The third-order valence-corrected chi connectivity index (χ3v) is 2.98. The molecule has 0 aromatic heterocycles. The van der Waals surface area contributed by atoms with Crippen molar-refractivity contribution < 1.29 is 19.4 Å². The highest BCUT2D eigenvalue weighted by molar-refractivity contribution is 5.72. The standard InChI is InChI=1S/C13H15NO4/c15-12(16)11-6-7-14(8-11)13(17)18-9-10-4-2-1-3-5-10/h1-5,11H,6-9H2,(H,15,16)/p-1/t11-/m1/s1. The van der Waals surface area contributed by atoms with Crippen molar-refractivity contribution >= 4 is 12.1 Å². The molecule has 1 amide bonds. The van der Waals surface area contributed by atoms with E-state index in [9.17, 15) is 14.7 Å². The number of carbonyl (C=O) groups excluding carboxylic acids is 2. The van der Waals surface area contributed by atoms with Gasteiger partial charge in [-0.05, 0) is 12.0 Å². The molecule has 0 saturated carbocycles. The summed E-state index contributed by atoms with van der Waals surface area (Å²) in [6.07, 6.45) is -0.0365. The van der Waals surface area contributed by atoms with Crippen LogP contribution in [0.4, 0.5) is 4.79 Å². The van der Waals surface area contributed by atoms with E-state index in [0.29, 0.717) is 13.0 Å². The summed E-state index contributed by atoms with van der Waals surface area (Å²) in [6.45, 7) is 0.786. The van der Waals surface area contributed by atoms with Crippen LogP contribution in [0.1, 0.15) is 12.0 Å². The molecular formula is C13H14NO4-. The predicted octanol–water partition coefficient (Wildman–Crippen LogP) is 0.395. The van der Waals surface area contributed by atoms with E-state index in [1.165, 1.54) is 4.90 Å².